The molecule has 34 heavy (non-hydrogen) atoms. The molecule has 3 aromatic rings. The summed E-state index contributed by atoms with van der Waals surface area (Å²) in [6, 6.07) is 11.9. The molecule has 12 heteroatoms. The van der Waals surface area contributed by atoms with E-state index in [1.54, 1.807) is 11.4 Å². The lowest BCUT2D eigenvalue weighted by atomic mass is 10.1. The molecule has 1 amide bonds. The van der Waals surface area contributed by atoms with E-state index in [2.05, 4.69) is 10.0 Å². The van der Waals surface area contributed by atoms with Crippen molar-refractivity contribution in [1.29, 1.82) is 0 Å². The van der Waals surface area contributed by atoms with Crippen LogP contribution in [0, 0.1) is 0 Å². The Balaban J connectivity index is 1.54. The van der Waals surface area contributed by atoms with E-state index in [1.807, 2.05) is 4.90 Å². The van der Waals surface area contributed by atoms with E-state index in [1.165, 1.54) is 36.4 Å². The van der Waals surface area contributed by atoms with E-state index >= 15 is 0 Å². The predicted octanol–water partition coefficient (Wildman–Crippen LogP) is 4.66. The third-order valence-corrected chi connectivity index (χ3v) is 7.86. The highest BCUT2D eigenvalue weighted by Crippen LogP contribution is 2.36. The largest absolute Gasteiger partial charge is 0.416 e. The molecule has 2 heterocycles. The lowest BCUT2D eigenvalue weighted by Gasteiger charge is -2.31. The number of anilines is 3. The summed E-state index contributed by atoms with van der Waals surface area (Å²) >= 11 is 1.07. The van der Waals surface area contributed by atoms with Gasteiger partial charge in [-0.2, -0.15) is 13.2 Å². The summed E-state index contributed by atoms with van der Waals surface area (Å²) in [5.41, 5.74) is 0.0229. The van der Waals surface area contributed by atoms with Gasteiger partial charge in [0.15, 0.2) is 0 Å². The molecule has 1 saturated heterocycles. The summed E-state index contributed by atoms with van der Waals surface area (Å²) in [5, 5.41) is 4.21. The molecule has 7 nitrogen and oxygen atoms in total. The van der Waals surface area contributed by atoms with Crippen LogP contribution < -0.4 is 14.9 Å². The van der Waals surface area contributed by atoms with Crippen molar-refractivity contribution in [1.82, 2.24) is 0 Å². The number of carbonyl (C=O) groups excluding carboxylic acids is 1. The van der Waals surface area contributed by atoms with Gasteiger partial charge >= 0.3 is 6.18 Å². The third-order valence-electron chi connectivity index (χ3n) is 5.08. The number of benzene rings is 2. The zero-order valence-electron chi connectivity index (χ0n) is 17.6. The summed E-state index contributed by atoms with van der Waals surface area (Å²) in [5.74, 6) is -0.624. The van der Waals surface area contributed by atoms with Crippen molar-refractivity contribution < 1.29 is 31.1 Å². The van der Waals surface area contributed by atoms with Gasteiger partial charge < -0.3 is 15.0 Å². The molecule has 0 atom stereocenters. The van der Waals surface area contributed by atoms with Gasteiger partial charge in [-0.1, -0.05) is 6.07 Å². The number of hydrogen-bond acceptors (Lipinski definition) is 6. The molecule has 0 radical (unpaired) electrons. The van der Waals surface area contributed by atoms with Gasteiger partial charge in [-0.25, -0.2) is 8.42 Å². The van der Waals surface area contributed by atoms with Crippen LogP contribution >= 0.6 is 11.3 Å². The number of halogens is 3. The van der Waals surface area contributed by atoms with E-state index in [0.29, 0.717) is 32.0 Å². The Hall–Kier alpha value is -3.09. The number of nitrogens with one attached hydrogen (secondary N) is 2. The third kappa shape index (κ3) is 5.51. The SMILES string of the molecule is O=C(Nc1cc(C(F)(F)F)ccc1N1CCOCC1)c1ccc(NS(=O)(=O)c2cccs2)cc1. The number of carbonyl (C=O) groups is 1. The number of ether oxygens (including phenoxy) is 1. The Bertz CT molecular complexity index is 1260. The molecule has 0 aliphatic carbocycles. The van der Waals surface area contributed by atoms with E-state index in [-0.39, 0.29) is 21.1 Å². The average molecular weight is 512 g/mol. The van der Waals surface area contributed by atoms with Crippen molar-refractivity contribution >= 4 is 44.3 Å². The fourth-order valence-corrected chi connectivity index (χ4v) is 5.45. The van der Waals surface area contributed by atoms with Crippen LogP contribution in [0.5, 0.6) is 0 Å². The predicted molar refractivity (Wildman–Crippen MR) is 124 cm³/mol. The zero-order chi connectivity index (χ0) is 24.3. The van der Waals surface area contributed by atoms with Crippen molar-refractivity contribution in [3.8, 4) is 0 Å². The first-order valence-electron chi connectivity index (χ1n) is 10.2. The molecule has 1 aliphatic rings. The van der Waals surface area contributed by atoms with E-state index in [0.717, 1.165) is 23.5 Å². The number of rotatable bonds is 6. The smallest absolute Gasteiger partial charge is 0.378 e. The molecule has 0 spiro atoms. The Morgan fingerprint density at radius 1 is 1.03 bits per heavy atom. The standard InChI is InChI=1S/C22H20F3N3O4S2/c23-22(24,25)16-5-8-19(28-9-11-32-12-10-28)18(14-16)26-21(29)15-3-6-17(7-4-15)27-34(30,31)20-2-1-13-33-20/h1-8,13-14,27H,9-12H2,(H,26,29). The van der Waals surface area contributed by atoms with Crippen LogP contribution in [0.25, 0.3) is 0 Å². The summed E-state index contributed by atoms with van der Waals surface area (Å²) in [7, 11) is -3.74. The van der Waals surface area contributed by atoms with Crippen LogP contribution in [0.2, 0.25) is 0 Å². The summed E-state index contributed by atoms with van der Waals surface area (Å²) in [4.78, 5) is 14.7. The number of amides is 1. The maximum absolute atomic E-state index is 13.3. The van der Waals surface area contributed by atoms with Crippen molar-refractivity contribution in [2.45, 2.75) is 10.4 Å². The zero-order valence-corrected chi connectivity index (χ0v) is 19.3. The van der Waals surface area contributed by atoms with Gasteiger partial charge in [0.05, 0.1) is 30.2 Å². The minimum absolute atomic E-state index is 0.0317. The molecule has 1 fully saturated rings. The van der Waals surface area contributed by atoms with Gasteiger partial charge in [0.25, 0.3) is 15.9 Å². The van der Waals surface area contributed by atoms with Crippen molar-refractivity contribution in [2.75, 3.05) is 41.2 Å². The highest BCUT2D eigenvalue weighted by atomic mass is 32.2. The molecule has 1 aromatic heterocycles. The molecule has 0 bridgehead atoms. The van der Waals surface area contributed by atoms with E-state index < -0.39 is 27.7 Å². The molecule has 180 valence electrons. The molecule has 0 unspecified atom stereocenters. The number of thiophene rings is 1. The fraction of sp³-hybridized carbons (Fsp3) is 0.227. The molecular formula is C22H20F3N3O4S2. The van der Waals surface area contributed by atoms with Gasteiger partial charge in [0.1, 0.15) is 4.21 Å². The molecule has 2 N–H and O–H groups in total. The monoisotopic (exact) mass is 511 g/mol. The van der Waals surface area contributed by atoms with Crippen LogP contribution in [0.4, 0.5) is 30.2 Å². The Kier molecular flexibility index (Phi) is 6.82. The molecule has 0 saturated carbocycles. The van der Waals surface area contributed by atoms with E-state index in [9.17, 15) is 26.4 Å². The highest BCUT2D eigenvalue weighted by Gasteiger charge is 2.32. The Labute approximate surface area is 198 Å². The topological polar surface area (TPSA) is 87.7 Å². The summed E-state index contributed by atoms with van der Waals surface area (Å²) in [6.45, 7) is 1.81. The van der Waals surface area contributed by atoms with Crippen LogP contribution in [0.3, 0.4) is 0 Å². The molecular weight excluding hydrogens is 491 g/mol. The number of morpholine rings is 1. The quantitative estimate of drug-likeness (QED) is 0.503. The number of hydrogen-bond donors (Lipinski definition) is 2. The number of sulfonamides is 1. The van der Waals surface area contributed by atoms with Crippen LogP contribution in [-0.2, 0) is 20.9 Å². The second kappa shape index (κ2) is 9.65. The second-order valence-corrected chi connectivity index (χ2v) is 10.3. The highest BCUT2D eigenvalue weighted by molar-refractivity contribution is 7.94. The van der Waals surface area contributed by atoms with Gasteiger partial charge in [-0.05, 0) is 53.9 Å². The number of nitrogens with zero attached hydrogens (tertiary/aromatic N) is 1. The number of alkyl halides is 3. The Morgan fingerprint density at radius 2 is 1.74 bits per heavy atom. The van der Waals surface area contributed by atoms with Crippen molar-refractivity contribution in [3.63, 3.8) is 0 Å². The minimum atomic E-state index is -4.57. The van der Waals surface area contributed by atoms with Crippen molar-refractivity contribution in [2.24, 2.45) is 0 Å². The first-order valence-corrected chi connectivity index (χ1v) is 12.5. The van der Waals surface area contributed by atoms with Crippen LogP contribution in [0.1, 0.15) is 15.9 Å². The van der Waals surface area contributed by atoms with Gasteiger partial charge in [0.2, 0.25) is 0 Å². The first kappa shape index (κ1) is 24.0. The average Bonchev–Trinajstić information content (AvgIpc) is 3.35. The first-order chi connectivity index (χ1) is 16.1. The van der Waals surface area contributed by atoms with E-state index in [4.69, 9.17) is 4.74 Å². The summed E-state index contributed by atoms with van der Waals surface area (Å²) < 4.78 is 72.4. The van der Waals surface area contributed by atoms with Crippen LogP contribution in [-0.4, -0.2) is 40.6 Å². The minimum Gasteiger partial charge on any atom is -0.378 e. The second-order valence-electron chi connectivity index (χ2n) is 7.40. The molecule has 4 rings (SSSR count). The lowest BCUT2D eigenvalue weighted by Crippen LogP contribution is -2.36. The van der Waals surface area contributed by atoms with Crippen molar-refractivity contribution in [3.05, 3.63) is 71.1 Å². The Morgan fingerprint density at radius 3 is 2.35 bits per heavy atom. The maximum atomic E-state index is 13.3. The normalized spacial score (nSPS) is 14.6. The fourth-order valence-electron chi connectivity index (χ4n) is 3.40. The van der Waals surface area contributed by atoms with Crippen LogP contribution in [0.15, 0.2) is 64.2 Å². The summed E-state index contributed by atoms with van der Waals surface area (Å²) in [6.07, 6.45) is -4.57. The van der Waals surface area contributed by atoms with Gasteiger partial charge in [-0.15, -0.1) is 11.3 Å². The van der Waals surface area contributed by atoms with Gasteiger partial charge in [0, 0.05) is 24.3 Å². The maximum Gasteiger partial charge on any atom is 0.416 e. The molecule has 1 aliphatic heterocycles. The van der Waals surface area contributed by atoms with Gasteiger partial charge in [-0.3, -0.25) is 9.52 Å². The molecule has 2 aromatic carbocycles. The lowest BCUT2D eigenvalue weighted by molar-refractivity contribution is -0.137.